The average Bonchev–Trinajstić information content (AvgIpc) is 2.97. The summed E-state index contributed by atoms with van der Waals surface area (Å²) in [5.41, 5.74) is 9.14. The van der Waals surface area contributed by atoms with E-state index in [9.17, 15) is 15.4 Å². The fourth-order valence-electron chi connectivity index (χ4n) is 3.10. The monoisotopic (exact) mass is 328 g/mol. The van der Waals surface area contributed by atoms with Crippen molar-refractivity contribution in [2.75, 3.05) is 5.73 Å². The van der Waals surface area contributed by atoms with Crippen LogP contribution in [0.15, 0.2) is 6.07 Å². The van der Waals surface area contributed by atoms with E-state index in [1.165, 1.54) is 11.3 Å². The summed E-state index contributed by atoms with van der Waals surface area (Å²) in [6, 6.07) is 3.72. The molecule has 0 spiro atoms. The van der Waals surface area contributed by atoms with Crippen LogP contribution >= 0.6 is 11.3 Å². The summed E-state index contributed by atoms with van der Waals surface area (Å²) in [6.07, 6.45) is 4.35. The molecule has 2 aromatic heterocycles. The van der Waals surface area contributed by atoms with Gasteiger partial charge in [-0.15, -0.1) is 11.3 Å². The van der Waals surface area contributed by atoms with Crippen LogP contribution in [0.1, 0.15) is 41.5 Å². The zero-order valence-corrected chi connectivity index (χ0v) is 13.6. The van der Waals surface area contributed by atoms with Crippen LogP contribution < -0.4 is 5.73 Å². The SMILES string of the molecule is CCc1sc(-c2c(C#N)c(N)nc3c2CCCC3)cc1[N+](=O)[O-]. The molecule has 0 aromatic carbocycles. The highest BCUT2D eigenvalue weighted by Gasteiger charge is 2.26. The molecule has 1 aliphatic rings. The first-order valence-corrected chi connectivity index (χ1v) is 8.37. The molecule has 118 valence electrons. The van der Waals surface area contributed by atoms with Gasteiger partial charge in [-0.2, -0.15) is 5.26 Å². The number of nitrogens with two attached hydrogens (primary N) is 1. The molecule has 2 N–H and O–H groups in total. The Kier molecular flexibility index (Phi) is 4.01. The highest BCUT2D eigenvalue weighted by molar-refractivity contribution is 7.16. The van der Waals surface area contributed by atoms with Crippen molar-refractivity contribution in [2.45, 2.75) is 39.0 Å². The van der Waals surface area contributed by atoms with Crippen molar-refractivity contribution in [3.8, 4) is 16.5 Å². The number of nitro groups is 1. The maximum absolute atomic E-state index is 11.2. The summed E-state index contributed by atoms with van der Waals surface area (Å²) in [5.74, 6) is 0.220. The summed E-state index contributed by atoms with van der Waals surface area (Å²) < 4.78 is 0. The molecular formula is C16H16N4O2S. The number of nitrogens with zero attached hydrogens (tertiary/aromatic N) is 3. The normalized spacial score (nSPS) is 13.4. The number of fused-ring (bicyclic) bond motifs is 1. The lowest BCUT2D eigenvalue weighted by molar-refractivity contribution is -0.385. The predicted molar refractivity (Wildman–Crippen MR) is 89.4 cm³/mol. The molecule has 0 aliphatic heterocycles. The second kappa shape index (κ2) is 5.97. The third-order valence-electron chi connectivity index (χ3n) is 4.16. The van der Waals surface area contributed by atoms with Crippen LogP contribution in [0.3, 0.4) is 0 Å². The van der Waals surface area contributed by atoms with E-state index in [-0.39, 0.29) is 16.4 Å². The van der Waals surface area contributed by atoms with Gasteiger partial charge in [0.2, 0.25) is 0 Å². The minimum Gasteiger partial charge on any atom is -0.383 e. The molecular weight excluding hydrogens is 312 g/mol. The summed E-state index contributed by atoms with van der Waals surface area (Å²) in [7, 11) is 0. The quantitative estimate of drug-likeness (QED) is 0.684. The van der Waals surface area contributed by atoms with E-state index in [1.807, 2.05) is 6.92 Å². The van der Waals surface area contributed by atoms with Crippen molar-refractivity contribution < 1.29 is 4.92 Å². The molecule has 3 rings (SSSR count). The molecule has 0 amide bonds. The molecule has 0 bridgehead atoms. The molecule has 2 heterocycles. The standard InChI is InChI=1S/C16H16N4O2S/c1-2-13-12(20(21)22)7-14(23-13)15-9-5-3-4-6-11(9)19-16(18)10(15)8-17/h7H,2-6H2,1H3,(H2,18,19). The number of thiophene rings is 1. The molecule has 0 radical (unpaired) electrons. The van der Waals surface area contributed by atoms with Gasteiger partial charge in [-0.25, -0.2) is 4.98 Å². The maximum Gasteiger partial charge on any atom is 0.283 e. The molecule has 2 aromatic rings. The molecule has 23 heavy (non-hydrogen) atoms. The van der Waals surface area contributed by atoms with Gasteiger partial charge in [0.25, 0.3) is 5.69 Å². The van der Waals surface area contributed by atoms with Gasteiger partial charge >= 0.3 is 0 Å². The summed E-state index contributed by atoms with van der Waals surface area (Å²) >= 11 is 1.38. The van der Waals surface area contributed by atoms with Crippen molar-refractivity contribution in [1.82, 2.24) is 4.98 Å². The average molecular weight is 328 g/mol. The highest BCUT2D eigenvalue weighted by atomic mass is 32.1. The largest absolute Gasteiger partial charge is 0.383 e. The zero-order valence-electron chi connectivity index (χ0n) is 12.8. The van der Waals surface area contributed by atoms with Crippen molar-refractivity contribution in [3.05, 3.63) is 37.9 Å². The number of nitriles is 1. The Morgan fingerprint density at radius 3 is 2.83 bits per heavy atom. The minimum atomic E-state index is -0.359. The van der Waals surface area contributed by atoms with E-state index < -0.39 is 0 Å². The number of aromatic nitrogens is 1. The Morgan fingerprint density at radius 2 is 2.22 bits per heavy atom. The number of pyridine rings is 1. The Hall–Kier alpha value is -2.46. The molecule has 6 nitrogen and oxygen atoms in total. The second-order valence-corrected chi connectivity index (χ2v) is 6.66. The van der Waals surface area contributed by atoms with E-state index >= 15 is 0 Å². The smallest absolute Gasteiger partial charge is 0.283 e. The van der Waals surface area contributed by atoms with Crippen molar-refractivity contribution in [1.29, 1.82) is 5.26 Å². The molecule has 0 unspecified atom stereocenters. The van der Waals surface area contributed by atoms with Gasteiger partial charge in [0.1, 0.15) is 17.5 Å². The number of hydrogen-bond donors (Lipinski definition) is 1. The van der Waals surface area contributed by atoms with Crippen LogP contribution in [0.5, 0.6) is 0 Å². The van der Waals surface area contributed by atoms with E-state index in [0.717, 1.165) is 47.4 Å². The second-order valence-electron chi connectivity index (χ2n) is 5.52. The third kappa shape index (κ3) is 2.55. The van der Waals surface area contributed by atoms with Gasteiger partial charge < -0.3 is 5.73 Å². The minimum absolute atomic E-state index is 0.122. The molecule has 0 saturated heterocycles. The van der Waals surface area contributed by atoms with Gasteiger partial charge in [-0.1, -0.05) is 6.92 Å². The Bertz CT molecular complexity index is 836. The fraction of sp³-hybridized carbons (Fsp3) is 0.375. The van der Waals surface area contributed by atoms with Crippen molar-refractivity contribution in [3.63, 3.8) is 0 Å². The Morgan fingerprint density at radius 1 is 1.48 bits per heavy atom. The first-order valence-electron chi connectivity index (χ1n) is 7.55. The number of hydrogen-bond acceptors (Lipinski definition) is 6. The fourth-order valence-corrected chi connectivity index (χ4v) is 4.24. The number of aryl methyl sites for hydroxylation is 2. The van der Waals surface area contributed by atoms with Gasteiger partial charge in [0.15, 0.2) is 0 Å². The summed E-state index contributed by atoms with van der Waals surface area (Å²) in [4.78, 5) is 16.7. The van der Waals surface area contributed by atoms with Crippen LogP contribution in [0.4, 0.5) is 11.5 Å². The topological polar surface area (TPSA) is 106 Å². The molecule has 0 fully saturated rings. The Balaban J connectivity index is 2.29. The van der Waals surface area contributed by atoms with Gasteiger partial charge in [-0.3, -0.25) is 10.1 Å². The zero-order chi connectivity index (χ0) is 16.6. The van der Waals surface area contributed by atoms with E-state index in [2.05, 4.69) is 11.1 Å². The molecule has 1 aliphatic carbocycles. The lowest BCUT2D eigenvalue weighted by Crippen LogP contribution is -2.11. The van der Waals surface area contributed by atoms with Crippen molar-refractivity contribution in [2.24, 2.45) is 0 Å². The van der Waals surface area contributed by atoms with Crippen LogP contribution in [-0.2, 0) is 19.3 Å². The third-order valence-corrected chi connectivity index (χ3v) is 5.45. The van der Waals surface area contributed by atoms with Crippen LogP contribution in [-0.4, -0.2) is 9.91 Å². The van der Waals surface area contributed by atoms with Gasteiger partial charge in [-0.05, 0) is 37.7 Å². The molecule has 7 heteroatoms. The van der Waals surface area contributed by atoms with Crippen molar-refractivity contribution >= 4 is 22.8 Å². The first kappa shape index (κ1) is 15.4. The predicted octanol–water partition coefficient (Wildman–Crippen LogP) is 3.61. The lowest BCUT2D eigenvalue weighted by atomic mass is 9.89. The van der Waals surface area contributed by atoms with Crippen LogP contribution in [0, 0.1) is 21.4 Å². The number of nitrogen functional groups attached to an aromatic ring is 1. The highest BCUT2D eigenvalue weighted by Crippen LogP contribution is 2.42. The van der Waals surface area contributed by atoms with E-state index in [4.69, 9.17) is 5.73 Å². The number of anilines is 1. The van der Waals surface area contributed by atoms with Gasteiger partial charge in [0.05, 0.1) is 9.80 Å². The van der Waals surface area contributed by atoms with Crippen LogP contribution in [0.25, 0.3) is 10.4 Å². The maximum atomic E-state index is 11.2. The number of rotatable bonds is 3. The van der Waals surface area contributed by atoms with Gasteiger partial charge in [0, 0.05) is 22.2 Å². The summed E-state index contributed by atoms with van der Waals surface area (Å²) in [5, 5.41) is 20.8. The first-order chi connectivity index (χ1) is 11.1. The van der Waals surface area contributed by atoms with Crippen LogP contribution in [0.2, 0.25) is 0 Å². The van der Waals surface area contributed by atoms with E-state index in [1.54, 1.807) is 6.07 Å². The summed E-state index contributed by atoms with van der Waals surface area (Å²) in [6.45, 7) is 1.89. The van der Waals surface area contributed by atoms with E-state index in [0.29, 0.717) is 16.9 Å². The molecule has 0 atom stereocenters. The Labute approximate surface area is 137 Å². The molecule has 0 saturated carbocycles. The lowest BCUT2D eigenvalue weighted by Gasteiger charge is -2.20.